The van der Waals surface area contributed by atoms with Gasteiger partial charge in [-0.2, -0.15) is 0 Å². The second kappa shape index (κ2) is 11.1. The zero-order valence-corrected chi connectivity index (χ0v) is 21.4. The molecule has 4 aromatic carbocycles. The Bertz CT molecular complexity index is 1630. The molecule has 0 saturated heterocycles. The van der Waals surface area contributed by atoms with Crippen molar-refractivity contribution in [3.8, 4) is 11.5 Å². The Hall–Kier alpha value is -5.17. The molecule has 0 spiro atoms. The molecule has 0 aliphatic heterocycles. The maximum absolute atomic E-state index is 13.5. The van der Waals surface area contributed by atoms with E-state index in [1.807, 2.05) is 60.7 Å². The molecule has 7 heteroatoms. The molecule has 1 aromatic heterocycles. The molecule has 5 rings (SSSR count). The number of aromatic nitrogens is 1. The van der Waals surface area contributed by atoms with Gasteiger partial charge < -0.3 is 20.0 Å². The molecule has 0 radical (unpaired) electrons. The number of pyridine rings is 1. The van der Waals surface area contributed by atoms with E-state index in [-0.39, 0.29) is 29.5 Å². The Labute approximate surface area is 226 Å². The van der Waals surface area contributed by atoms with Gasteiger partial charge in [0, 0.05) is 42.5 Å². The smallest absolute Gasteiger partial charge is 0.262 e. The molecule has 0 aliphatic rings. The zero-order valence-electron chi connectivity index (χ0n) is 21.4. The number of hydrogen-bond donors (Lipinski definition) is 2. The molecule has 5 aromatic rings. The minimum atomic E-state index is -0.433. The van der Waals surface area contributed by atoms with Crippen molar-refractivity contribution in [3.05, 3.63) is 132 Å². The highest BCUT2D eigenvalue weighted by molar-refractivity contribution is 6.08. The first-order valence-corrected chi connectivity index (χ1v) is 12.5. The lowest BCUT2D eigenvalue weighted by atomic mass is 10.1. The van der Waals surface area contributed by atoms with Crippen LogP contribution in [0.3, 0.4) is 0 Å². The van der Waals surface area contributed by atoms with Crippen molar-refractivity contribution in [1.29, 1.82) is 0 Å². The predicted molar refractivity (Wildman–Crippen MR) is 151 cm³/mol. The third kappa shape index (κ3) is 5.57. The van der Waals surface area contributed by atoms with E-state index in [9.17, 15) is 19.8 Å². The Morgan fingerprint density at radius 1 is 0.769 bits per heavy atom. The van der Waals surface area contributed by atoms with Crippen LogP contribution in [0.25, 0.3) is 10.9 Å². The summed E-state index contributed by atoms with van der Waals surface area (Å²) < 4.78 is 0. The molecular formula is C32H27N3O4. The number of benzene rings is 4. The number of fused-ring (bicyclic) bond motifs is 1. The predicted octanol–water partition coefficient (Wildman–Crippen LogP) is 5.77. The summed E-state index contributed by atoms with van der Waals surface area (Å²) in [6.07, 6.45) is 1.75. The van der Waals surface area contributed by atoms with Gasteiger partial charge in [0.05, 0.1) is 17.6 Å². The molecule has 0 unspecified atom stereocenters. The van der Waals surface area contributed by atoms with Gasteiger partial charge in [-0.15, -0.1) is 0 Å². The van der Waals surface area contributed by atoms with Crippen LogP contribution in [0, 0.1) is 0 Å². The van der Waals surface area contributed by atoms with Gasteiger partial charge in [0.2, 0.25) is 0 Å². The minimum Gasteiger partial charge on any atom is -0.508 e. The molecule has 194 valence electrons. The molecule has 39 heavy (non-hydrogen) atoms. The van der Waals surface area contributed by atoms with Gasteiger partial charge in [0.25, 0.3) is 11.8 Å². The molecule has 2 amide bonds. The molecule has 0 bridgehead atoms. The van der Waals surface area contributed by atoms with Crippen LogP contribution in [0.1, 0.15) is 31.8 Å². The fourth-order valence-corrected chi connectivity index (χ4v) is 4.53. The maximum atomic E-state index is 13.5. The SMILES string of the molecule is CN(Cc1cccc2ncccc12)C(=O)c1ccc(N(Cc2ccccc2)C(=O)c2ccc(O)cc2O)cc1. The summed E-state index contributed by atoms with van der Waals surface area (Å²) in [5.74, 6) is -1.03. The van der Waals surface area contributed by atoms with Crippen molar-refractivity contribution >= 4 is 28.4 Å². The lowest BCUT2D eigenvalue weighted by Crippen LogP contribution is -2.30. The van der Waals surface area contributed by atoms with Gasteiger partial charge in [0.1, 0.15) is 11.5 Å². The highest BCUT2D eigenvalue weighted by atomic mass is 16.3. The number of phenolic OH excluding ortho intramolecular Hbond substituents is 2. The van der Waals surface area contributed by atoms with E-state index in [1.54, 1.807) is 42.4 Å². The third-order valence-electron chi connectivity index (χ3n) is 6.56. The van der Waals surface area contributed by atoms with E-state index in [4.69, 9.17) is 0 Å². The van der Waals surface area contributed by atoms with Crippen LogP contribution >= 0.6 is 0 Å². The van der Waals surface area contributed by atoms with Gasteiger partial charge in [0.15, 0.2) is 0 Å². The molecule has 0 saturated carbocycles. The molecule has 1 heterocycles. The summed E-state index contributed by atoms with van der Waals surface area (Å²) in [4.78, 5) is 34.4. The van der Waals surface area contributed by atoms with E-state index in [1.165, 1.54) is 17.0 Å². The van der Waals surface area contributed by atoms with Crippen LogP contribution < -0.4 is 4.90 Å². The van der Waals surface area contributed by atoms with Crippen LogP contribution in [-0.2, 0) is 13.1 Å². The Morgan fingerprint density at radius 3 is 2.28 bits per heavy atom. The molecule has 7 nitrogen and oxygen atoms in total. The van der Waals surface area contributed by atoms with E-state index in [0.29, 0.717) is 17.8 Å². The van der Waals surface area contributed by atoms with Gasteiger partial charge in [-0.05, 0) is 59.7 Å². The van der Waals surface area contributed by atoms with Gasteiger partial charge >= 0.3 is 0 Å². The fourth-order valence-electron chi connectivity index (χ4n) is 4.53. The van der Waals surface area contributed by atoms with Crippen molar-refractivity contribution in [1.82, 2.24) is 9.88 Å². The standard InChI is InChI=1S/C32H27N3O4/c1-34(21-24-9-5-11-29-27(24)10-6-18-33-29)31(38)23-12-14-25(15-13-23)35(20-22-7-3-2-4-8-22)32(39)28-17-16-26(36)19-30(28)37/h2-19,36-37H,20-21H2,1H3. The Balaban J connectivity index is 1.40. The normalized spacial score (nSPS) is 10.8. The van der Waals surface area contributed by atoms with E-state index in [2.05, 4.69) is 4.98 Å². The summed E-state index contributed by atoms with van der Waals surface area (Å²) >= 11 is 0. The van der Waals surface area contributed by atoms with Crippen molar-refractivity contribution in [2.45, 2.75) is 13.1 Å². The number of phenols is 2. The van der Waals surface area contributed by atoms with E-state index >= 15 is 0 Å². The molecule has 2 N–H and O–H groups in total. The van der Waals surface area contributed by atoms with Crippen molar-refractivity contribution < 1.29 is 19.8 Å². The van der Waals surface area contributed by atoms with Crippen LogP contribution in [0.4, 0.5) is 5.69 Å². The lowest BCUT2D eigenvalue weighted by Gasteiger charge is -2.24. The number of hydrogen-bond acceptors (Lipinski definition) is 5. The molecule has 0 atom stereocenters. The first kappa shape index (κ1) is 25.5. The van der Waals surface area contributed by atoms with Gasteiger partial charge in [-0.25, -0.2) is 0 Å². The number of carbonyl (C=O) groups is 2. The zero-order chi connectivity index (χ0) is 27.4. The Morgan fingerprint density at radius 2 is 1.54 bits per heavy atom. The summed E-state index contributed by atoms with van der Waals surface area (Å²) in [6.45, 7) is 0.671. The fraction of sp³-hybridized carbons (Fsp3) is 0.0938. The number of nitrogens with zero attached hydrogens (tertiary/aromatic N) is 3. The van der Waals surface area contributed by atoms with Crippen LogP contribution in [0.5, 0.6) is 11.5 Å². The number of anilines is 1. The number of amides is 2. The number of carbonyl (C=O) groups excluding carboxylic acids is 2. The van der Waals surface area contributed by atoms with E-state index < -0.39 is 5.91 Å². The monoisotopic (exact) mass is 517 g/mol. The second-order valence-corrected chi connectivity index (χ2v) is 9.27. The highest BCUT2D eigenvalue weighted by Crippen LogP contribution is 2.28. The van der Waals surface area contributed by atoms with Gasteiger partial charge in [-0.1, -0.05) is 48.5 Å². The van der Waals surface area contributed by atoms with Crippen molar-refractivity contribution in [2.24, 2.45) is 0 Å². The average Bonchev–Trinajstić information content (AvgIpc) is 2.96. The quantitative estimate of drug-likeness (QED) is 0.286. The maximum Gasteiger partial charge on any atom is 0.262 e. The van der Waals surface area contributed by atoms with Crippen LogP contribution in [0.15, 0.2) is 109 Å². The molecular weight excluding hydrogens is 490 g/mol. The first-order valence-electron chi connectivity index (χ1n) is 12.5. The Kier molecular flexibility index (Phi) is 7.23. The largest absolute Gasteiger partial charge is 0.508 e. The number of rotatable bonds is 7. The minimum absolute atomic E-state index is 0.0631. The van der Waals surface area contributed by atoms with Crippen LogP contribution in [-0.4, -0.2) is 39.0 Å². The van der Waals surface area contributed by atoms with Crippen LogP contribution in [0.2, 0.25) is 0 Å². The first-order chi connectivity index (χ1) is 18.9. The van der Waals surface area contributed by atoms with E-state index in [0.717, 1.165) is 28.1 Å². The summed E-state index contributed by atoms with van der Waals surface area (Å²) in [5.41, 5.74) is 3.89. The highest BCUT2D eigenvalue weighted by Gasteiger charge is 2.22. The van der Waals surface area contributed by atoms with Gasteiger partial charge in [-0.3, -0.25) is 14.6 Å². The summed E-state index contributed by atoms with van der Waals surface area (Å²) in [7, 11) is 1.75. The molecule has 0 aliphatic carbocycles. The van der Waals surface area contributed by atoms with Crippen molar-refractivity contribution in [3.63, 3.8) is 0 Å². The summed E-state index contributed by atoms with van der Waals surface area (Å²) in [5, 5.41) is 21.0. The number of aromatic hydroxyl groups is 2. The lowest BCUT2D eigenvalue weighted by molar-refractivity contribution is 0.0785. The topological polar surface area (TPSA) is 94.0 Å². The second-order valence-electron chi connectivity index (χ2n) is 9.27. The molecule has 0 fully saturated rings. The van der Waals surface area contributed by atoms with Crippen molar-refractivity contribution in [2.75, 3.05) is 11.9 Å². The average molecular weight is 518 g/mol. The summed E-state index contributed by atoms with van der Waals surface area (Å²) in [6, 6.07) is 30.0. The third-order valence-corrected chi connectivity index (χ3v) is 6.56.